The minimum Gasteiger partial charge on any atom is -0.445 e. The second-order valence-electron chi connectivity index (χ2n) is 6.05. The minimum absolute atomic E-state index is 0.0467. The molecule has 1 aliphatic heterocycles. The zero-order valence-electron chi connectivity index (χ0n) is 14.5. The number of aryl methyl sites for hydroxylation is 1. The minimum atomic E-state index is 0.0467. The summed E-state index contributed by atoms with van der Waals surface area (Å²) in [5.74, 6) is 2.35. The highest BCUT2D eigenvalue weighted by Crippen LogP contribution is 2.30. The van der Waals surface area contributed by atoms with Crippen molar-refractivity contribution < 1.29 is 9.21 Å². The number of oxazole rings is 1. The fraction of sp³-hybridized carbons (Fsp3) is 0.588. The van der Waals surface area contributed by atoms with Gasteiger partial charge in [-0.1, -0.05) is 18.3 Å². The van der Waals surface area contributed by atoms with Crippen LogP contribution in [0.15, 0.2) is 21.0 Å². The summed E-state index contributed by atoms with van der Waals surface area (Å²) in [7, 11) is 0. The monoisotopic (exact) mass is 380 g/mol. The van der Waals surface area contributed by atoms with Gasteiger partial charge in [-0.15, -0.1) is 11.8 Å². The Kier molecular flexibility index (Phi) is 6.89. The van der Waals surface area contributed by atoms with Gasteiger partial charge in [-0.3, -0.25) is 4.79 Å². The van der Waals surface area contributed by atoms with Gasteiger partial charge in [-0.25, -0.2) is 9.97 Å². The average molecular weight is 381 g/mol. The summed E-state index contributed by atoms with van der Waals surface area (Å²) in [5.41, 5.74) is 0. The van der Waals surface area contributed by atoms with Crippen LogP contribution >= 0.6 is 23.1 Å². The highest BCUT2D eigenvalue weighted by Gasteiger charge is 2.12. The molecular formula is C17H24N4O2S2. The smallest absolute Gasteiger partial charge is 0.226 e. The van der Waals surface area contributed by atoms with E-state index in [1.165, 1.54) is 37.3 Å². The van der Waals surface area contributed by atoms with Gasteiger partial charge in [0, 0.05) is 12.8 Å². The molecule has 0 unspecified atom stereocenters. The maximum Gasteiger partial charge on any atom is 0.226 e. The highest BCUT2D eigenvalue weighted by atomic mass is 32.2. The first-order chi connectivity index (χ1) is 12.2. The summed E-state index contributed by atoms with van der Waals surface area (Å²) in [5, 5.41) is 3.56. The maximum atomic E-state index is 12.0. The van der Waals surface area contributed by atoms with E-state index in [4.69, 9.17) is 4.42 Å². The van der Waals surface area contributed by atoms with Crippen LogP contribution < -0.4 is 5.32 Å². The Morgan fingerprint density at radius 2 is 2.20 bits per heavy atom. The number of amides is 1. The molecular weight excluding hydrogens is 356 g/mol. The summed E-state index contributed by atoms with van der Waals surface area (Å²) < 4.78 is 6.64. The van der Waals surface area contributed by atoms with E-state index < -0.39 is 0 Å². The van der Waals surface area contributed by atoms with Gasteiger partial charge in [-0.2, -0.15) is 0 Å². The third-order valence-electron chi connectivity index (χ3n) is 4.10. The molecule has 0 aromatic carbocycles. The van der Waals surface area contributed by atoms with Gasteiger partial charge >= 0.3 is 0 Å². The Morgan fingerprint density at radius 3 is 2.96 bits per heavy atom. The zero-order chi connectivity index (χ0) is 17.5. The highest BCUT2D eigenvalue weighted by molar-refractivity contribution is 8.00. The van der Waals surface area contributed by atoms with Crippen LogP contribution in [-0.2, 0) is 17.0 Å². The normalized spacial score (nSPS) is 14.9. The fourth-order valence-electron chi connectivity index (χ4n) is 2.75. The molecule has 2 aromatic heterocycles. The molecule has 0 atom stereocenters. The molecule has 1 saturated heterocycles. The Labute approximate surface area is 156 Å². The predicted molar refractivity (Wildman–Crippen MR) is 101 cm³/mol. The second kappa shape index (κ2) is 9.35. The number of rotatable bonds is 9. The first kappa shape index (κ1) is 18.4. The molecule has 136 valence electrons. The van der Waals surface area contributed by atoms with Gasteiger partial charge in [0.25, 0.3) is 0 Å². The summed E-state index contributed by atoms with van der Waals surface area (Å²) in [6.07, 6.45) is 8.46. The van der Waals surface area contributed by atoms with Crippen molar-refractivity contribution in [3.05, 3.63) is 24.0 Å². The number of thiazole rings is 1. The van der Waals surface area contributed by atoms with E-state index >= 15 is 0 Å². The van der Waals surface area contributed by atoms with E-state index in [2.05, 4.69) is 20.2 Å². The lowest BCUT2D eigenvalue weighted by Crippen LogP contribution is -2.22. The molecule has 6 nitrogen and oxygen atoms in total. The second-order valence-corrected chi connectivity index (χ2v) is 8.35. The van der Waals surface area contributed by atoms with Crippen molar-refractivity contribution in [2.45, 2.75) is 49.0 Å². The molecule has 1 N–H and O–H groups in total. The molecule has 1 fully saturated rings. The van der Waals surface area contributed by atoms with Crippen molar-refractivity contribution in [1.29, 1.82) is 0 Å². The zero-order valence-corrected chi connectivity index (χ0v) is 16.1. The molecule has 1 aliphatic rings. The molecule has 0 bridgehead atoms. The number of carbonyl (C=O) groups excluding carboxylic acids is 1. The van der Waals surface area contributed by atoms with E-state index in [-0.39, 0.29) is 5.91 Å². The fourth-order valence-corrected chi connectivity index (χ4v) is 4.49. The quantitative estimate of drug-likeness (QED) is 0.667. The van der Waals surface area contributed by atoms with Gasteiger partial charge in [-0.05, 0) is 38.9 Å². The van der Waals surface area contributed by atoms with Crippen LogP contribution in [0.5, 0.6) is 0 Å². The van der Waals surface area contributed by atoms with E-state index in [1.807, 2.05) is 6.92 Å². The van der Waals surface area contributed by atoms with Crippen molar-refractivity contribution >= 4 is 34.1 Å². The first-order valence-corrected chi connectivity index (χ1v) is 10.6. The Hall–Kier alpha value is -1.38. The number of aromatic nitrogens is 2. The number of hydrogen-bond acceptors (Lipinski definition) is 7. The van der Waals surface area contributed by atoms with E-state index in [0.29, 0.717) is 17.3 Å². The molecule has 1 amide bonds. The van der Waals surface area contributed by atoms with Crippen LogP contribution in [0.3, 0.4) is 0 Å². The Morgan fingerprint density at radius 1 is 1.36 bits per heavy atom. The summed E-state index contributed by atoms with van der Waals surface area (Å²) in [4.78, 5) is 23.0. The Balaban J connectivity index is 1.37. The van der Waals surface area contributed by atoms with Crippen molar-refractivity contribution in [2.24, 2.45) is 0 Å². The lowest BCUT2D eigenvalue weighted by molar-refractivity contribution is -0.116. The van der Waals surface area contributed by atoms with Crippen LogP contribution in [0.4, 0.5) is 5.13 Å². The van der Waals surface area contributed by atoms with Crippen LogP contribution in [0, 0.1) is 0 Å². The van der Waals surface area contributed by atoms with Gasteiger partial charge in [0.2, 0.25) is 11.8 Å². The number of nitrogens with zero attached hydrogens (tertiary/aromatic N) is 3. The largest absolute Gasteiger partial charge is 0.445 e. The van der Waals surface area contributed by atoms with E-state index in [1.54, 1.807) is 24.2 Å². The SMILES string of the molecule is CCc1cnc(CSc2cnc(NC(=O)CCCN3CCCC3)s2)o1. The molecule has 0 saturated carbocycles. The number of carbonyl (C=O) groups is 1. The van der Waals surface area contributed by atoms with Gasteiger partial charge in [0.05, 0.1) is 22.4 Å². The topological polar surface area (TPSA) is 71.3 Å². The van der Waals surface area contributed by atoms with Crippen molar-refractivity contribution in [3.8, 4) is 0 Å². The first-order valence-electron chi connectivity index (χ1n) is 8.77. The standard InChI is InChI=1S/C17H24N4O2S2/c1-2-13-10-18-15(23-13)12-24-16-11-19-17(25-16)20-14(22)6-5-9-21-7-3-4-8-21/h10-11H,2-9,12H2,1H3,(H,19,20,22). The van der Waals surface area contributed by atoms with Crippen LogP contribution in [-0.4, -0.2) is 40.4 Å². The number of thioether (sulfide) groups is 1. The molecule has 0 aliphatic carbocycles. The summed E-state index contributed by atoms with van der Waals surface area (Å²) in [6.45, 7) is 5.42. The number of hydrogen-bond donors (Lipinski definition) is 1. The van der Waals surface area contributed by atoms with Crippen molar-refractivity contribution in [3.63, 3.8) is 0 Å². The van der Waals surface area contributed by atoms with E-state index in [0.717, 1.165) is 35.2 Å². The average Bonchev–Trinajstić information content (AvgIpc) is 3.35. The van der Waals surface area contributed by atoms with Crippen molar-refractivity contribution in [2.75, 3.05) is 25.0 Å². The lowest BCUT2D eigenvalue weighted by Gasteiger charge is -2.13. The maximum absolute atomic E-state index is 12.0. The third-order valence-corrected chi connectivity index (χ3v) is 6.19. The molecule has 8 heteroatoms. The molecule has 0 spiro atoms. The van der Waals surface area contributed by atoms with Crippen LogP contribution in [0.25, 0.3) is 0 Å². The summed E-state index contributed by atoms with van der Waals surface area (Å²) >= 11 is 3.11. The van der Waals surface area contributed by atoms with Gasteiger partial charge in [0.15, 0.2) is 5.13 Å². The lowest BCUT2D eigenvalue weighted by atomic mass is 10.3. The van der Waals surface area contributed by atoms with Crippen molar-refractivity contribution in [1.82, 2.24) is 14.9 Å². The number of anilines is 1. The predicted octanol–water partition coefficient (Wildman–Crippen LogP) is 3.80. The van der Waals surface area contributed by atoms with Crippen LogP contribution in [0.1, 0.15) is 44.3 Å². The Bertz CT molecular complexity index is 680. The molecule has 2 aromatic rings. The molecule has 3 heterocycles. The molecule has 0 radical (unpaired) electrons. The number of likely N-dealkylation sites (tertiary alicyclic amines) is 1. The number of nitrogens with one attached hydrogen (secondary N) is 1. The van der Waals surface area contributed by atoms with E-state index in [9.17, 15) is 4.79 Å². The van der Waals surface area contributed by atoms with Gasteiger partial charge in [0.1, 0.15) is 5.76 Å². The van der Waals surface area contributed by atoms with Crippen LogP contribution in [0.2, 0.25) is 0 Å². The molecule has 3 rings (SSSR count). The molecule has 25 heavy (non-hydrogen) atoms. The summed E-state index contributed by atoms with van der Waals surface area (Å²) in [6, 6.07) is 0. The third kappa shape index (κ3) is 5.83. The van der Waals surface area contributed by atoms with Gasteiger partial charge < -0.3 is 14.6 Å².